The van der Waals surface area contributed by atoms with Crippen molar-refractivity contribution < 1.29 is 4.79 Å². The first-order chi connectivity index (χ1) is 10.0. The smallest absolute Gasteiger partial charge is 0.278 e. The molecule has 21 heavy (non-hydrogen) atoms. The number of H-pyrrole nitrogens is 1. The minimum atomic E-state index is -0.302. The molecule has 1 amide bonds. The molecule has 1 heterocycles. The Bertz CT molecular complexity index is 615. The highest BCUT2D eigenvalue weighted by atomic mass is 16.2. The number of aromatic nitrogens is 2. The largest absolute Gasteiger partial charge is 0.395 e. The van der Waals surface area contributed by atoms with E-state index < -0.39 is 0 Å². The Balaban J connectivity index is 2.10. The maximum Gasteiger partial charge on any atom is 0.278 e. The Morgan fingerprint density at radius 3 is 2.57 bits per heavy atom. The van der Waals surface area contributed by atoms with Crippen LogP contribution in [0.4, 0.5) is 17.1 Å². The van der Waals surface area contributed by atoms with Gasteiger partial charge < -0.3 is 16.0 Å². The van der Waals surface area contributed by atoms with Gasteiger partial charge in [0.2, 0.25) is 0 Å². The zero-order chi connectivity index (χ0) is 15.4. The number of anilines is 3. The zero-order valence-corrected chi connectivity index (χ0v) is 12.6. The number of hydrogen-bond donors (Lipinski definition) is 3. The molecule has 0 saturated heterocycles. The van der Waals surface area contributed by atoms with Crippen molar-refractivity contribution in [2.75, 3.05) is 30.0 Å². The molecule has 2 aromatic rings. The molecule has 112 valence electrons. The van der Waals surface area contributed by atoms with E-state index in [1.807, 2.05) is 50.2 Å². The van der Waals surface area contributed by atoms with Gasteiger partial charge >= 0.3 is 0 Å². The summed E-state index contributed by atoms with van der Waals surface area (Å²) in [5, 5.41) is 9.63. The maximum atomic E-state index is 12.2. The van der Waals surface area contributed by atoms with E-state index in [2.05, 4.69) is 15.5 Å². The number of rotatable bonds is 5. The molecule has 1 aromatic carbocycles. The van der Waals surface area contributed by atoms with E-state index >= 15 is 0 Å². The van der Waals surface area contributed by atoms with Crippen LogP contribution in [0.3, 0.4) is 0 Å². The van der Waals surface area contributed by atoms with Crippen LogP contribution in [0.1, 0.15) is 29.5 Å². The molecule has 0 fully saturated rings. The predicted molar refractivity (Wildman–Crippen MR) is 85.7 cm³/mol. The van der Waals surface area contributed by atoms with Crippen LogP contribution in [0.25, 0.3) is 0 Å². The predicted octanol–water partition coefficient (Wildman–Crippen LogP) is 2.26. The number of nitrogen functional groups attached to an aromatic ring is 1. The highest BCUT2D eigenvalue weighted by Gasteiger charge is 2.16. The molecular weight excluding hydrogens is 266 g/mol. The highest BCUT2D eigenvalue weighted by molar-refractivity contribution is 6.06. The lowest BCUT2D eigenvalue weighted by atomic mass is 10.2. The first-order valence-corrected chi connectivity index (χ1v) is 6.94. The summed E-state index contributed by atoms with van der Waals surface area (Å²) in [6, 6.07) is 7.57. The summed E-state index contributed by atoms with van der Waals surface area (Å²) in [7, 11) is 3.93. The fourth-order valence-corrected chi connectivity index (χ4v) is 2.03. The third kappa shape index (κ3) is 3.34. The fourth-order valence-electron chi connectivity index (χ4n) is 2.03. The van der Waals surface area contributed by atoms with Gasteiger partial charge in [0.1, 0.15) is 0 Å². The van der Waals surface area contributed by atoms with Crippen molar-refractivity contribution in [2.24, 2.45) is 0 Å². The first kappa shape index (κ1) is 14.9. The molecule has 4 N–H and O–H groups in total. The number of nitrogens with one attached hydrogen (secondary N) is 2. The molecule has 0 aliphatic heterocycles. The van der Waals surface area contributed by atoms with Crippen LogP contribution in [-0.4, -0.2) is 30.2 Å². The first-order valence-electron chi connectivity index (χ1n) is 6.94. The fraction of sp³-hybridized carbons (Fsp3) is 0.333. The Kier molecular flexibility index (Phi) is 4.47. The van der Waals surface area contributed by atoms with Crippen LogP contribution < -0.4 is 16.0 Å². The van der Waals surface area contributed by atoms with Crippen LogP contribution in [0.2, 0.25) is 0 Å². The number of hydrogen-bond acceptors (Lipinski definition) is 4. The Hall–Kier alpha value is -2.50. The number of carbonyl (C=O) groups excluding carboxylic acids is 1. The molecule has 0 radical (unpaired) electrons. The van der Waals surface area contributed by atoms with E-state index in [4.69, 9.17) is 5.73 Å². The second-order valence-corrected chi connectivity index (χ2v) is 5.11. The van der Waals surface area contributed by atoms with E-state index in [1.165, 1.54) is 0 Å². The number of amides is 1. The van der Waals surface area contributed by atoms with Crippen molar-refractivity contribution in [3.8, 4) is 0 Å². The summed E-state index contributed by atoms with van der Waals surface area (Å²) in [6.45, 7) is 2.05. The number of benzene rings is 1. The lowest BCUT2D eigenvalue weighted by Crippen LogP contribution is -2.14. The molecule has 0 spiro atoms. The lowest BCUT2D eigenvalue weighted by molar-refractivity contribution is 0.102. The quantitative estimate of drug-likeness (QED) is 0.787. The van der Waals surface area contributed by atoms with Gasteiger partial charge in [-0.3, -0.25) is 9.89 Å². The second-order valence-electron chi connectivity index (χ2n) is 5.11. The molecule has 0 aliphatic carbocycles. The van der Waals surface area contributed by atoms with Crippen LogP contribution >= 0.6 is 0 Å². The number of aryl methyl sites for hydroxylation is 1. The zero-order valence-electron chi connectivity index (χ0n) is 12.6. The monoisotopic (exact) mass is 287 g/mol. The van der Waals surface area contributed by atoms with Crippen LogP contribution in [0, 0.1) is 0 Å². The number of nitrogens with zero attached hydrogens (tertiary/aromatic N) is 2. The number of nitrogens with two attached hydrogens (primary N) is 1. The Morgan fingerprint density at radius 2 is 2.00 bits per heavy atom. The van der Waals surface area contributed by atoms with Crippen molar-refractivity contribution >= 4 is 23.0 Å². The summed E-state index contributed by atoms with van der Waals surface area (Å²) < 4.78 is 0. The van der Waals surface area contributed by atoms with E-state index in [1.54, 1.807) is 0 Å². The molecule has 1 aromatic heterocycles. The van der Waals surface area contributed by atoms with Crippen molar-refractivity contribution in [3.63, 3.8) is 0 Å². The van der Waals surface area contributed by atoms with Gasteiger partial charge in [0.25, 0.3) is 5.91 Å². The van der Waals surface area contributed by atoms with Gasteiger partial charge in [-0.1, -0.05) is 13.3 Å². The molecule has 0 saturated carbocycles. The normalized spacial score (nSPS) is 10.4. The molecule has 0 bridgehead atoms. The van der Waals surface area contributed by atoms with E-state index in [-0.39, 0.29) is 11.6 Å². The van der Waals surface area contributed by atoms with Crippen LogP contribution in [0.5, 0.6) is 0 Å². The Morgan fingerprint density at radius 1 is 1.33 bits per heavy atom. The standard InChI is InChI=1S/C15H21N5O/c1-4-5-12-13(16)14(19-18-12)15(21)17-10-6-8-11(9-7-10)20(2)3/h6-9H,4-5,16H2,1-3H3,(H,17,21)(H,18,19). The molecule has 2 rings (SSSR count). The molecule has 0 unspecified atom stereocenters. The highest BCUT2D eigenvalue weighted by Crippen LogP contribution is 2.19. The average Bonchev–Trinajstić information content (AvgIpc) is 2.81. The summed E-state index contributed by atoms with van der Waals surface area (Å²) in [6.07, 6.45) is 1.73. The third-order valence-corrected chi connectivity index (χ3v) is 3.24. The molecular formula is C15H21N5O. The third-order valence-electron chi connectivity index (χ3n) is 3.24. The average molecular weight is 287 g/mol. The van der Waals surface area contributed by atoms with E-state index in [0.717, 1.165) is 24.2 Å². The van der Waals surface area contributed by atoms with Crippen LogP contribution in [-0.2, 0) is 6.42 Å². The van der Waals surface area contributed by atoms with Crippen molar-refractivity contribution in [2.45, 2.75) is 19.8 Å². The van der Waals surface area contributed by atoms with E-state index in [9.17, 15) is 4.79 Å². The molecule has 6 heteroatoms. The minimum Gasteiger partial charge on any atom is -0.395 e. The van der Waals surface area contributed by atoms with Crippen LogP contribution in [0.15, 0.2) is 24.3 Å². The van der Waals surface area contributed by atoms with Crippen molar-refractivity contribution in [3.05, 3.63) is 35.7 Å². The number of aromatic amines is 1. The lowest BCUT2D eigenvalue weighted by Gasteiger charge is -2.12. The minimum absolute atomic E-state index is 0.245. The second kappa shape index (κ2) is 6.30. The van der Waals surface area contributed by atoms with Gasteiger partial charge in [-0.2, -0.15) is 5.10 Å². The van der Waals surface area contributed by atoms with Gasteiger partial charge in [-0.05, 0) is 30.7 Å². The topological polar surface area (TPSA) is 87.0 Å². The summed E-state index contributed by atoms with van der Waals surface area (Å²) in [5.74, 6) is -0.302. The van der Waals surface area contributed by atoms with Crippen molar-refractivity contribution in [1.82, 2.24) is 10.2 Å². The number of carbonyl (C=O) groups is 1. The summed E-state index contributed by atoms with van der Waals surface area (Å²) in [5.41, 5.74) is 9.21. The molecule has 0 aliphatic rings. The molecule has 0 atom stereocenters. The van der Waals surface area contributed by atoms with Gasteiger partial charge in [0, 0.05) is 25.5 Å². The van der Waals surface area contributed by atoms with Gasteiger partial charge in [0.15, 0.2) is 5.69 Å². The maximum absolute atomic E-state index is 12.2. The van der Waals surface area contributed by atoms with E-state index in [0.29, 0.717) is 11.4 Å². The van der Waals surface area contributed by atoms with Gasteiger partial charge in [-0.15, -0.1) is 0 Å². The summed E-state index contributed by atoms with van der Waals surface area (Å²) >= 11 is 0. The van der Waals surface area contributed by atoms with Crippen molar-refractivity contribution in [1.29, 1.82) is 0 Å². The van der Waals surface area contributed by atoms with Gasteiger partial charge in [-0.25, -0.2) is 0 Å². The van der Waals surface area contributed by atoms with Gasteiger partial charge in [0.05, 0.1) is 11.4 Å². The Labute approximate surface area is 124 Å². The SMILES string of the molecule is CCCc1[nH]nc(C(=O)Nc2ccc(N(C)C)cc2)c1N. The molecule has 6 nitrogen and oxygen atoms in total. The summed E-state index contributed by atoms with van der Waals surface area (Å²) in [4.78, 5) is 14.2.